The van der Waals surface area contributed by atoms with Gasteiger partial charge in [0.05, 0.1) is 19.3 Å². The van der Waals surface area contributed by atoms with Gasteiger partial charge in [0.1, 0.15) is 5.75 Å². The van der Waals surface area contributed by atoms with Gasteiger partial charge in [-0.2, -0.15) is 12.6 Å². The van der Waals surface area contributed by atoms with Gasteiger partial charge in [-0.25, -0.2) is 0 Å². The van der Waals surface area contributed by atoms with E-state index in [0.717, 1.165) is 5.56 Å². The summed E-state index contributed by atoms with van der Waals surface area (Å²) in [6.07, 6.45) is -0.0699. The second kappa shape index (κ2) is 6.09. The molecule has 84 valence electrons. The molecule has 1 N–H and O–H groups in total. The van der Waals surface area contributed by atoms with Crippen molar-refractivity contribution in [2.45, 2.75) is 6.42 Å². The van der Waals surface area contributed by atoms with E-state index in [0.29, 0.717) is 17.1 Å². The average molecular weight is 236 g/mol. The third-order valence-electron chi connectivity index (χ3n) is 1.93. The fraction of sp³-hybridized carbons (Fsp3) is 0.250. The van der Waals surface area contributed by atoms with Gasteiger partial charge in [0.2, 0.25) is 0 Å². The monoisotopic (exact) mass is 236 g/mol. The summed E-state index contributed by atoms with van der Waals surface area (Å²) in [5, 5.41) is 8.75. The first-order valence-corrected chi connectivity index (χ1v) is 5.29. The molecular formula is C12H12O3S. The lowest BCUT2D eigenvalue weighted by Crippen LogP contribution is -2.02. The van der Waals surface area contributed by atoms with Gasteiger partial charge in [-0.1, -0.05) is 11.8 Å². The molecule has 1 aromatic rings. The Morgan fingerprint density at radius 1 is 1.56 bits per heavy atom. The highest BCUT2D eigenvalue weighted by atomic mass is 32.1. The molecule has 16 heavy (non-hydrogen) atoms. The predicted molar refractivity (Wildman–Crippen MR) is 65.1 cm³/mol. The summed E-state index contributed by atoms with van der Waals surface area (Å²) in [4.78, 5) is 10.7. The van der Waals surface area contributed by atoms with Crippen molar-refractivity contribution in [2.24, 2.45) is 0 Å². The molecule has 3 nitrogen and oxygen atoms in total. The van der Waals surface area contributed by atoms with Crippen LogP contribution in [0.15, 0.2) is 18.2 Å². The number of aliphatic carboxylic acids is 1. The number of hydrogen-bond acceptors (Lipinski definition) is 3. The molecule has 0 saturated heterocycles. The maximum atomic E-state index is 10.7. The Morgan fingerprint density at radius 2 is 2.31 bits per heavy atom. The van der Waals surface area contributed by atoms with E-state index in [4.69, 9.17) is 9.84 Å². The molecule has 0 unspecified atom stereocenters. The third-order valence-corrected chi connectivity index (χ3v) is 2.09. The first-order valence-electron chi connectivity index (χ1n) is 4.66. The van der Waals surface area contributed by atoms with Crippen molar-refractivity contribution in [1.29, 1.82) is 0 Å². The predicted octanol–water partition coefficient (Wildman–Crippen LogP) is 1.60. The van der Waals surface area contributed by atoms with Crippen molar-refractivity contribution in [1.82, 2.24) is 0 Å². The van der Waals surface area contributed by atoms with Crippen molar-refractivity contribution in [3.8, 4) is 17.6 Å². The van der Waals surface area contributed by atoms with Gasteiger partial charge in [-0.3, -0.25) is 4.79 Å². The van der Waals surface area contributed by atoms with Crippen molar-refractivity contribution < 1.29 is 14.6 Å². The van der Waals surface area contributed by atoms with E-state index in [2.05, 4.69) is 24.5 Å². The summed E-state index contributed by atoms with van der Waals surface area (Å²) in [5.74, 6) is 5.84. The molecule has 0 atom stereocenters. The van der Waals surface area contributed by atoms with Crippen LogP contribution in [0.5, 0.6) is 5.75 Å². The number of rotatable bonds is 3. The highest BCUT2D eigenvalue weighted by Gasteiger charge is 2.07. The Balaban J connectivity index is 3.05. The number of benzene rings is 1. The third kappa shape index (κ3) is 3.52. The lowest BCUT2D eigenvalue weighted by atomic mass is 10.1. The average Bonchev–Trinajstić information content (AvgIpc) is 2.26. The maximum Gasteiger partial charge on any atom is 0.307 e. The Morgan fingerprint density at radius 3 is 2.88 bits per heavy atom. The minimum Gasteiger partial charge on any atom is -0.496 e. The number of thiol groups is 1. The topological polar surface area (TPSA) is 46.5 Å². The van der Waals surface area contributed by atoms with Gasteiger partial charge < -0.3 is 9.84 Å². The number of carbonyl (C=O) groups is 1. The normalized spacial score (nSPS) is 9.12. The Hall–Kier alpha value is -1.60. The molecular weight excluding hydrogens is 224 g/mol. The van der Waals surface area contributed by atoms with Gasteiger partial charge in [0.25, 0.3) is 0 Å². The number of carboxylic acid groups (broad SMARTS) is 1. The highest BCUT2D eigenvalue weighted by Crippen LogP contribution is 2.20. The smallest absolute Gasteiger partial charge is 0.307 e. The summed E-state index contributed by atoms with van der Waals surface area (Å²) >= 11 is 3.98. The van der Waals surface area contributed by atoms with E-state index in [1.807, 2.05) is 0 Å². The largest absolute Gasteiger partial charge is 0.496 e. The molecule has 1 rings (SSSR count). The van der Waals surface area contributed by atoms with Crippen LogP contribution in [0, 0.1) is 11.8 Å². The quantitative estimate of drug-likeness (QED) is 0.619. The second-order valence-corrected chi connectivity index (χ2v) is 3.37. The van der Waals surface area contributed by atoms with E-state index in [1.54, 1.807) is 18.2 Å². The Bertz CT molecular complexity index is 443. The molecule has 0 fully saturated rings. The van der Waals surface area contributed by atoms with Crippen molar-refractivity contribution in [3.63, 3.8) is 0 Å². The van der Waals surface area contributed by atoms with Crippen LogP contribution in [0.4, 0.5) is 0 Å². The number of methoxy groups -OCH3 is 1. The lowest BCUT2D eigenvalue weighted by Gasteiger charge is -2.06. The molecule has 0 amide bonds. The van der Waals surface area contributed by atoms with Crippen LogP contribution in [0.25, 0.3) is 0 Å². The second-order valence-electron chi connectivity index (χ2n) is 3.06. The molecule has 0 spiro atoms. The van der Waals surface area contributed by atoms with Crippen LogP contribution in [-0.2, 0) is 11.2 Å². The van der Waals surface area contributed by atoms with Gasteiger partial charge >= 0.3 is 5.97 Å². The lowest BCUT2D eigenvalue weighted by molar-refractivity contribution is -0.136. The van der Waals surface area contributed by atoms with Crippen LogP contribution in [0.2, 0.25) is 0 Å². The zero-order valence-electron chi connectivity index (χ0n) is 8.86. The first kappa shape index (κ1) is 12.5. The summed E-state index contributed by atoms with van der Waals surface area (Å²) in [7, 11) is 1.51. The highest BCUT2D eigenvalue weighted by molar-refractivity contribution is 7.80. The van der Waals surface area contributed by atoms with Gasteiger partial charge in [-0.05, 0) is 18.2 Å². The zero-order valence-corrected chi connectivity index (χ0v) is 9.75. The standard InChI is InChI=1S/C12H12O3S/c1-15-11-5-4-9(3-2-6-16)7-10(11)8-12(13)14/h4-5,7,16H,6,8H2,1H3,(H,13,14). The van der Waals surface area contributed by atoms with Crippen LogP contribution < -0.4 is 4.74 Å². The molecule has 0 bridgehead atoms. The number of ether oxygens (including phenoxy) is 1. The SMILES string of the molecule is COc1ccc(C#CCS)cc1CC(=O)O. The van der Waals surface area contributed by atoms with Crippen LogP contribution in [0.1, 0.15) is 11.1 Å². The first-order chi connectivity index (χ1) is 7.67. The minimum absolute atomic E-state index is 0.0699. The van der Waals surface area contributed by atoms with E-state index < -0.39 is 5.97 Å². The van der Waals surface area contributed by atoms with Crippen LogP contribution >= 0.6 is 12.6 Å². The molecule has 0 aliphatic rings. The molecule has 0 heterocycles. The summed E-state index contributed by atoms with van der Waals surface area (Å²) in [5.41, 5.74) is 1.40. The van der Waals surface area contributed by atoms with Crippen LogP contribution in [-0.4, -0.2) is 23.9 Å². The number of hydrogen-bond donors (Lipinski definition) is 2. The maximum absolute atomic E-state index is 10.7. The van der Waals surface area contributed by atoms with Crippen molar-refractivity contribution in [3.05, 3.63) is 29.3 Å². The summed E-state index contributed by atoms with van der Waals surface area (Å²) in [6, 6.07) is 5.24. The van der Waals surface area contributed by atoms with E-state index >= 15 is 0 Å². The summed E-state index contributed by atoms with van der Waals surface area (Å²) < 4.78 is 5.08. The number of carboxylic acids is 1. The Kier molecular flexibility index (Phi) is 4.74. The Labute approximate surface area is 99.8 Å². The zero-order chi connectivity index (χ0) is 12.0. The minimum atomic E-state index is -0.891. The summed E-state index contributed by atoms with van der Waals surface area (Å²) in [6.45, 7) is 0. The van der Waals surface area contributed by atoms with Gasteiger partial charge in [0, 0.05) is 11.1 Å². The van der Waals surface area contributed by atoms with E-state index in [9.17, 15) is 4.79 Å². The molecule has 0 aliphatic carbocycles. The molecule has 0 saturated carbocycles. The van der Waals surface area contributed by atoms with Crippen molar-refractivity contribution >= 4 is 18.6 Å². The molecule has 0 aliphatic heterocycles. The molecule has 0 radical (unpaired) electrons. The fourth-order valence-electron chi connectivity index (χ4n) is 1.30. The molecule has 4 heteroatoms. The van der Waals surface area contributed by atoms with Crippen molar-refractivity contribution in [2.75, 3.05) is 12.9 Å². The fourth-order valence-corrected chi connectivity index (χ4v) is 1.38. The van der Waals surface area contributed by atoms with E-state index in [1.165, 1.54) is 7.11 Å². The molecule has 0 aromatic heterocycles. The van der Waals surface area contributed by atoms with E-state index in [-0.39, 0.29) is 6.42 Å². The van der Waals surface area contributed by atoms with Gasteiger partial charge in [0.15, 0.2) is 0 Å². The van der Waals surface area contributed by atoms with Gasteiger partial charge in [-0.15, -0.1) is 0 Å². The molecule has 1 aromatic carbocycles. The van der Waals surface area contributed by atoms with Crippen LogP contribution in [0.3, 0.4) is 0 Å².